The largest absolute Gasteiger partial charge is 0.496 e. The Morgan fingerprint density at radius 1 is 1.19 bits per heavy atom. The van der Waals surface area contributed by atoms with Crippen molar-refractivity contribution in [2.45, 2.75) is 24.7 Å². The van der Waals surface area contributed by atoms with Crippen LogP contribution in [-0.4, -0.2) is 51.3 Å². The molecule has 3 rings (SSSR count). The van der Waals surface area contributed by atoms with Crippen molar-refractivity contribution < 1.29 is 27.5 Å². The van der Waals surface area contributed by atoms with E-state index in [4.69, 9.17) is 21.1 Å². The Balaban J connectivity index is 1.76. The number of halogens is 1. The van der Waals surface area contributed by atoms with Crippen LogP contribution in [0.25, 0.3) is 0 Å². The molecule has 1 fully saturated rings. The molecule has 1 unspecified atom stereocenters. The van der Waals surface area contributed by atoms with E-state index in [0.29, 0.717) is 18.8 Å². The van der Waals surface area contributed by atoms with Crippen molar-refractivity contribution in [2.75, 3.05) is 26.8 Å². The molecule has 166 valence electrons. The number of nitrogens with zero attached hydrogens (tertiary/aromatic N) is 1. The maximum absolute atomic E-state index is 13.1. The molecule has 9 heteroatoms. The smallest absolute Gasteiger partial charge is 0.338 e. The average molecular weight is 466 g/mol. The monoisotopic (exact) mass is 465 g/mol. The second kappa shape index (κ2) is 9.80. The Morgan fingerprint density at radius 3 is 2.65 bits per heavy atom. The van der Waals surface area contributed by atoms with Gasteiger partial charge in [0, 0.05) is 13.1 Å². The van der Waals surface area contributed by atoms with Gasteiger partial charge in [-0.05, 0) is 49.1 Å². The normalized spacial score (nSPS) is 17.2. The van der Waals surface area contributed by atoms with Gasteiger partial charge in [0.25, 0.3) is 0 Å². The highest BCUT2D eigenvalue weighted by atomic mass is 35.5. The molecule has 0 amide bonds. The number of rotatable bonds is 7. The minimum absolute atomic E-state index is 0.000796. The van der Waals surface area contributed by atoms with E-state index in [1.807, 2.05) is 6.92 Å². The van der Waals surface area contributed by atoms with Gasteiger partial charge in [-0.2, -0.15) is 4.31 Å². The molecule has 2 aromatic rings. The van der Waals surface area contributed by atoms with E-state index in [-0.39, 0.29) is 27.0 Å². The number of benzene rings is 2. The second-order valence-corrected chi connectivity index (χ2v) is 9.77. The summed E-state index contributed by atoms with van der Waals surface area (Å²) in [4.78, 5) is 24.7. The number of sulfonamides is 1. The van der Waals surface area contributed by atoms with Gasteiger partial charge in [-0.25, -0.2) is 13.2 Å². The van der Waals surface area contributed by atoms with Crippen LogP contribution in [0.1, 0.15) is 40.5 Å². The average Bonchev–Trinajstić information content (AvgIpc) is 2.77. The Morgan fingerprint density at radius 2 is 1.94 bits per heavy atom. The molecule has 1 heterocycles. The summed E-state index contributed by atoms with van der Waals surface area (Å²) in [7, 11) is -2.41. The first-order valence-electron chi connectivity index (χ1n) is 9.87. The summed E-state index contributed by atoms with van der Waals surface area (Å²) in [5.41, 5.74) is 0.289. The van der Waals surface area contributed by atoms with E-state index < -0.39 is 28.4 Å². The van der Waals surface area contributed by atoms with Crippen LogP contribution in [0.3, 0.4) is 0 Å². The number of carbonyl (C=O) groups is 2. The van der Waals surface area contributed by atoms with Gasteiger partial charge < -0.3 is 9.47 Å². The van der Waals surface area contributed by atoms with Gasteiger partial charge in [0.2, 0.25) is 15.8 Å². The molecular weight excluding hydrogens is 442 g/mol. The highest BCUT2D eigenvalue weighted by Gasteiger charge is 2.31. The maximum atomic E-state index is 13.1. The van der Waals surface area contributed by atoms with Gasteiger partial charge in [0.1, 0.15) is 10.6 Å². The Hall–Kier alpha value is -2.42. The van der Waals surface area contributed by atoms with Crippen molar-refractivity contribution in [3.05, 3.63) is 58.6 Å². The van der Waals surface area contributed by atoms with Crippen LogP contribution in [0.5, 0.6) is 5.75 Å². The number of ether oxygens (including phenoxy) is 2. The van der Waals surface area contributed by atoms with E-state index >= 15 is 0 Å². The molecule has 1 saturated heterocycles. The third-order valence-electron chi connectivity index (χ3n) is 5.15. The van der Waals surface area contributed by atoms with E-state index in [1.165, 1.54) is 29.6 Å². The Kier molecular flexibility index (Phi) is 7.35. The lowest BCUT2D eigenvalue weighted by molar-refractivity contribution is 0.0473. The van der Waals surface area contributed by atoms with Crippen molar-refractivity contribution in [1.29, 1.82) is 0 Å². The fraction of sp³-hybridized carbons (Fsp3) is 0.364. The minimum atomic E-state index is -3.85. The predicted octanol–water partition coefficient (Wildman–Crippen LogP) is 3.81. The third kappa shape index (κ3) is 5.26. The number of Topliss-reactive ketones (excluding diaryl/α,β-unsaturated/α-hetero) is 1. The zero-order valence-corrected chi connectivity index (χ0v) is 18.9. The molecule has 0 bridgehead atoms. The number of ketones is 1. The standard InChI is InChI=1S/C22H24ClNO6S/c1-15-6-5-11-24(13-15)31(27,28)21-12-16(9-10-18(21)23)22(26)30-14-19(25)17-7-3-4-8-20(17)29-2/h3-4,7-10,12,15H,5-6,11,13-14H2,1-2H3. The molecule has 0 aromatic heterocycles. The van der Waals surface area contributed by atoms with E-state index in [9.17, 15) is 18.0 Å². The lowest BCUT2D eigenvalue weighted by Crippen LogP contribution is -2.39. The molecule has 2 aromatic carbocycles. The quantitative estimate of drug-likeness (QED) is 0.456. The SMILES string of the molecule is COc1ccccc1C(=O)COC(=O)c1ccc(Cl)c(S(=O)(=O)N2CCCC(C)C2)c1. The molecule has 0 radical (unpaired) electrons. The lowest BCUT2D eigenvalue weighted by Gasteiger charge is -2.30. The van der Waals surface area contributed by atoms with Crippen LogP contribution >= 0.6 is 11.6 Å². The van der Waals surface area contributed by atoms with Gasteiger partial charge in [-0.3, -0.25) is 4.79 Å². The topological polar surface area (TPSA) is 90.0 Å². The summed E-state index contributed by atoms with van der Waals surface area (Å²) >= 11 is 6.16. The molecule has 0 saturated carbocycles. The zero-order valence-electron chi connectivity index (χ0n) is 17.3. The van der Waals surface area contributed by atoms with E-state index in [0.717, 1.165) is 12.8 Å². The van der Waals surface area contributed by atoms with E-state index in [2.05, 4.69) is 0 Å². The number of hydrogen-bond acceptors (Lipinski definition) is 6. The Labute approximate surface area is 187 Å². The number of methoxy groups -OCH3 is 1. The first-order valence-corrected chi connectivity index (χ1v) is 11.7. The minimum Gasteiger partial charge on any atom is -0.496 e. The highest BCUT2D eigenvalue weighted by molar-refractivity contribution is 7.89. The maximum Gasteiger partial charge on any atom is 0.338 e. The van der Waals surface area contributed by atoms with Crippen molar-refractivity contribution in [3.8, 4) is 5.75 Å². The molecule has 0 spiro atoms. The van der Waals surface area contributed by atoms with Gasteiger partial charge in [0.15, 0.2) is 6.61 Å². The zero-order chi connectivity index (χ0) is 22.6. The number of carbonyl (C=O) groups excluding carboxylic acids is 2. The van der Waals surface area contributed by atoms with Crippen molar-refractivity contribution in [3.63, 3.8) is 0 Å². The van der Waals surface area contributed by atoms with Gasteiger partial charge in [0.05, 0.1) is 23.3 Å². The van der Waals surface area contributed by atoms with E-state index in [1.54, 1.807) is 24.3 Å². The third-order valence-corrected chi connectivity index (χ3v) is 7.49. The summed E-state index contributed by atoms with van der Waals surface area (Å²) in [5, 5.41) is 0.0277. The van der Waals surface area contributed by atoms with Gasteiger partial charge >= 0.3 is 5.97 Å². The highest BCUT2D eigenvalue weighted by Crippen LogP contribution is 2.29. The van der Waals surface area contributed by atoms with Crippen LogP contribution < -0.4 is 4.74 Å². The van der Waals surface area contributed by atoms with Crippen molar-refractivity contribution in [1.82, 2.24) is 4.31 Å². The summed E-state index contributed by atoms with van der Waals surface area (Å²) in [5.74, 6) is -0.631. The fourth-order valence-electron chi connectivity index (χ4n) is 3.50. The number of hydrogen-bond donors (Lipinski definition) is 0. The summed E-state index contributed by atoms with van der Waals surface area (Å²) in [6.07, 6.45) is 1.73. The number of para-hydroxylation sites is 1. The van der Waals surface area contributed by atoms with Crippen LogP contribution in [0, 0.1) is 5.92 Å². The second-order valence-electron chi connectivity index (χ2n) is 7.46. The first-order chi connectivity index (χ1) is 14.7. The van der Waals surface area contributed by atoms with Crippen molar-refractivity contribution >= 4 is 33.4 Å². The molecule has 1 aliphatic heterocycles. The van der Waals surface area contributed by atoms with Gasteiger partial charge in [-0.1, -0.05) is 30.7 Å². The number of esters is 1. The van der Waals surface area contributed by atoms with Crippen LogP contribution in [0.15, 0.2) is 47.4 Å². The summed E-state index contributed by atoms with van der Waals surface area (Å²) in [6, 6.07) is 10.5. The van der Waals surface area contributed by atoms with Crippen LogP contribution in [0.2, 0.25) is 5.02 Å². The number of piperidine rings is 1. The first kappa shape index (κ1) is 23.2. The molecule has 0 N–H and O–H groups in total. The summed E-state index contributed by atoms with van der Waals surface area (Å²) in [6.45, 7) is 2.30. The Bertz CT molecular complexity index is 1090. The molecule has 1 atom stereocenters. The lowest BCUT2D eigenvalue weighted by atomic mass is 10.0. The predicted molar refractivity (Wildman–Crippen MR) is 116 cm³/mol. The molecule has 31 heavy (non-hydrogen) atoms. The van der Waals surface area contributed by atoms with Crippen molar-refractivity contribution in [2.24, 2.45) is 5.92 Å². The molecule has 1 aliphatic rings. The van der Waals surface area contributed by atoms with Gasteiger partial charge in [-0.15, -0.1) is 0 Å². The summed E-state index contributed by atoms with van der Waals surface area (Å²) < 4.78 is 37.8. The fourth-order valence-corrected chi connectivity index (χ4v) is 5.60. The molecular formula is C22H24ClNO6S. The van der Waals surface area contributed by atoms with Crippen LogP contribution in [0.4, 0.5) is 0 Å². The van der Waals surface area contributed by atoms with Crippen LogP contribution in [-0.2, 0) is 14.8 Å². The molecule has 0 aliphatic carbocycles. The molecule has 7 nitrogen and oxygen atoms in total.